The number of aliphatic hydroxyl groups is 4. The van der Waals surface area contributed by atoms with Crippen LogP contribution in [-0.4, -0.2) is 65.1 Å². The van der Waals surface area contributed by atoms with Crippen LogP contribution >= 0.6 is 0 Å². The van der Waals surface area contributed by atoms with E-state index in [9.17, 15) is 15.3 Å². The normalized spacial score (nSPS) is 18.2. The minimum absolute atomic E-state index is 0.0257. The summed E-state index contributed by atoms with van der Waals surface area (Å²) in [5, 5.41) is 40.0. The first-order valence-electron chi connectivity index (χ1n) is 6.40. The lowest BCUT2D eigenvalue weighted by molar-refractivity contribution is -0.0715. The van der Waals surface area contributed by atoms with Crippen molar-refractivity contribution in [2.24, 2.45) is 0 Å². The molecule has 0 bridgehead atoms. The van der Waals surface area contributed by atoms with Gasteiger partial charge in [-0.15, -0.1) is 0 Å². The van der Waals surface area contributed by atoms with Gasteiger partial charge in [0.15, 0.2) is 11.5 Å². The van der Waals surface area contributed by atoms with Gasteiger partial charge in [0.1, 0.15) is 25.4 Å². The molecule has 112 valence electrons. The summed E-state index contributed by atoms with van der Waals surface area (Å²) in [6.45, 7) is 0.421. The molecule has 0 spiro atoms. The minimum Gasteiger partial charge on any atom is -0.486 e. The molecule has 1 aliphatic heterocycles. The van der Waals surface area contributed by atoms with E-state index in [1.807, 2.05) is 0 Å². The Hall–Kier alpha value is -1.54. The Bertz CT molecular complexity index is 441. The molecule has 1 aromatic carbocycles. The molecule has 3 atom stereocenters. The second-order valence-electron chi connectivity index (χ2n) is 4.55. The Labute approximate surface area is 116 Å². The monoisotopic (exact) mass is 285 g/mol. The lowest BCUT2D eigenvalue weighted by Crippen LogP contribution is -2.42. The molecule has 7 heteroatoms. The molecular formula is C13H19NO6. The number of hydrogen-bond acceptors (Lipinski definition) is 7. The fourth-order valence-electron chi connectivity index (χ4n) is 1.86. The van der Waals surface area contributed by atoms with Crippen LogP contribution in [0.3, 0.4) is 0 Å². The fourth-order valence-corrected chi connectivity index (χ4v) is 1.86. The van der Waals surface area contributed by atoms with E-state index in [1.54, 1.807) is 18.2 Å². The van der Waals surface area contributed by atoms with Crippen LogP contribution in [0, 0.1) is 0 Å². The smallest absolute Gasteiger partial charge is 0.163 e. The quantitative estimate of drug-likeness (QED) is 0.453. The predicted molar refractivity (Wildman–Crippen MR) is 71.0 cm³/mol. The molecule has 7 nitrogen and oxygen atoms in total. The summed E-state index contributed by atoms with van der Waals surface area (Å²) < 4.78 is 10.8. The molecular weight excluding hydrogens is 266 g/mol. The van der Waals surface area contributed by atoms with E-state index in [1.165, 1.54) is 0 Å². The maximum Gasteiger partial charge on any atom is 0.163 e. The zero-order valence-corrected chi connectivity index (χ0v) is 10.9. The van der Waals surface area contributed by atoms with Crippen LogP contribution in [0.15, 0.2) is 18.2 Å². The highest BCUT2D eigenvalue weighted by molar-refractivity contribution is 5.55. The van der Waals surface area contributed by atoms with Crippen LogP contribution in [0.4, 0.5) is 5.69 Å². The summed E-state index contributed by atoms with van der Waals surface area (Å²) in [7, 11) is 0. The van der Waals surface area contributed by atoms with Crippen molar-refractivity contribution < 1.29 is 29.9 Å². The van der Waals surface area contributed by atoms with Gasteiger partial charge in [-0.2, -0.15) is 0 Å². The van der Waals surface area contributed by atoms with Crippen molar-refractivity contribution in [1.82, 2.24) is 0 Å². The van der Waals surface area contributed by atoms with E-state index in [4.69, 9.17) is 14.6 Å². The van der Waals surface area contributed by atoms with Gasteiger partial charge in [-0.25, -0.2) is 0 Å². The van der Waals surface area contributed by atoms with Crippen molar-refractivity contribution in [2.75, 3.05) is 31.7 Å². The average Bonchev–Trinajstić information content (AvgIpc) is 2.50. The molecule has 0 aromatic heterocycles. The Morgan fingerprint density at radius 1 is 1.05 bits per heavy atom. The van der Waals surface area contributed by atoms with Gasteiger partial charge >= 0.3 is 0 Å². The highest BCUT2D eigenvalue weighted by atomic mass is 16.6. The average molecular weight is 285 g/mol. The van der Waals surface area contributed by atoms with Gasteiger partial charge in [0.25, 0.3) is 0 Å². The zero-order chi connectivity index (χ0) is 14.5. The first kappa shape index (κ1) is 14.9. The number of rotatable bonds is 6. The molecule has 0 saturated carbocycles. The number of hydrogen-bond donors (Lipinski definition) is 5. The fraction of sp³-hybridized carbons (Fsp3) is 0.538. The van der Waals surface area contributed by atoms with Crippen LogP contribution in [0.5, 0.6) is 11.5 Å². The summed E-state index contributed by atoms with van der Waals surface area (Å²) in [6, 6.07) is 5.24. The first-order chi connectivity index (χ1) is 9.61. The van der Waals surface area contributed by atoms with Crippen LogP contribution in [-0.2, 0) is 0 Å². The summed E-state index contributed by atoms with van der Waals surface area (Å²) in [4.78, 5) is 0. The molecule has 5 N–H and O–H groups in total. The molecule has 0 unspecified atom stereocenters. The van der Waals surface area contributed by atoms with E-state index in [0.717, 1.165) is 0 Å². The molecule has 1 aliphatic rings. The molecule has 0 fully saturated rings. The molecule has 2 rings (SSSR count). The molecule has 1 heterocycles. The lowest BCUT2D eigenvalue weighted by Gasteiger charge is -2.23. The van der Waals surface area contributed by atoms with E-state index in [0.29, 0.717) is 30.4 Å². The molecule has 0 aliphatic carbocycles. The van der Waals surface area contributed by atoms with Crippen molar-refractivity contribution in [2.45, 2.75) is 18.3 Å². The highest BCUT2D eigenvalue weighted by Gasteiger charge is 2.23. The number of aliphatic hydroxyl groups excluding tert-OH is 4. The van der Waals surface area contributed by atoms with Gasteiger partial charge in [-0.1, -0.05) is 0 Å². The Morgan fingerprint density at radius 2 is 1.75 bits per heavy atom. The Morgan fingerprint density at radius 3 is 2.45 bits per heavy atom. The van der Waals surface area contributed by atoms with Crippen molar-refractivity contribution in [3.05, 3.63) is 18.2 Å². The predicted octanol–water partition coefficient (Wildman–Crippen LogP) is -1.06. The van der Waals surface area contributed by atoms with E-state index in [2.05, 4.69) is 5.32 Å². The number of fused-ring (bicyclic) bond motifs is 1. The van der Waals surface area contributed by atoms with Crippen molar-refractivity contribution in [3.8, 4) is 11.5 Å². The second-order valence-corrected chi connectivity index (χ2v) is 4.55. The van der Waals surface area contributed by atoms with Crippen molar-refractivity contribution >= 4 is 5.69 Å². The summed E-state index contributed by atoms with van der Waals surface area (Å²) >= 11 is 0. The van der Waals surface area contributed by atoms with Crippen LogP contribution in [0.1, 0.15) is 0 Å². The van der Waals surface area contributed by atoms with Crippen LogP contribution in [0.2, 0.25) is 0 Å². The van der Waals surface area contributed by atoms with E-state index >= 15 is 0 Å². The zero-order valence-electron chi connectivity index (χ0n) is 10.9. The molecule has 0 amide bonds. The lowest BCUT2D eigenvalue weighted by atomic mass is 10.1. The van der Waals surface area contributed by atoms with E-state index < -0.39 is 24.9 Å². The van der Waals surface area contributed by atoms with Crippen molar-refractivity contribution in [1.29, 1.82) is 0 Å². The Kier molecular flexibility index (Phi) is 5.02. The number of anilines is 1. The van der Waals surface area contributed by atoms with Crippen LogP contribution in [0.25, 0.3) is 0 Å². The molecule has 20 heavy (non-hydrogen) atoms. The number of nitrogens with one attached hydrogen (secondary N) is 1. The summed E-state index contributed by atoms with van der Waals surface area (Å²) in [5.74, 6) is 1.28. The van der Waals surface area contributed by atoms with Crippen molar-refractivity contribution in [3.63, 3.8) is 0 Å². The maximum absolute atomic E-state index is 9.68. The van der Waals surface area contributed by atoms with Gasteiger partial charge in [0, 0.05) is 18.3 Å². The van der Waals surface area contributed by atoms with Gasteiger partial charge in [-0.05, 0) is 12.1 Å². The first-order valence-corrected chi connectivity index (χ1v) is 6.40. The van der Waals surface area contributed by atoms with Gasteiger partial charge < -0.3 is 35.2 Å². The highest BCUT2D eigenvalue weighted by Crippen LogP contribution is 2.32. The minimum atomic E-state index is -1.41. The second kappa shape index (κ2) is 6.76. The standard InChI is InChI=1S/C13H19NO6/c15-7-10(17)13(18)9(16)6-14-8-1-2-11-12(5-8)20-4-3-19-11/h1-2,5,9-10,13-18H,3-4,6-7H2/t9-,10+,13-/m0/s1. The largest absolute Gasteiger partial charge is 0.486 e. The summed E-state index contributed by atoms with van der Waals surface area (Å²) in [6.07, 6.45) is -3.98. The van der Waals surface area contributed by atoms with Gasteiger partial charge in [-0.3, -0.25) is 0 Å². The Balaban J connectivity index is 1.90. The molecule has 0 saturated heterocycles. The summed E-state index contributed by atoms with van der Waals surface area (Å²) in [5.41, 5.74) is 0.694. The third-order valence-corrected chi connectivity index (χ3v) is 3.03. The third-order valence-electron chi connectivity index (χ3n) is 3.03. The van der Waals surface area contributed by atoms with Gasteiger partial charge in [0.2, 0.25) is 0 Å². The number of ether oxygens (including phenoxy) is 2. The van der Waals surface area contributed by atoms with Gasteiger partial charge in [0.05, 0.1) is 12.7 Å². The maximum atomic E-state index is 9.68. The SMILES string of the molecule is OC[C@@H](O)[C@@H](O)[C@@H](O)CNc1ccc2c(c1)OCCO2. The molecule has 0 radical (unpaired) electrons. The van der Waals surface area contributed by atoms with E-state index in [-0.39, 0.29) is 6.54 Å². The van der Waals surface area contributed by atoms with Crippen LogP contribution < -0.4 is 14.8 Å². The topological polar surface area (TPSA) is 111 Å². The molecule has 1 aromatic rings. The number of benzene rings is 1. The third kappa shape index (κ3) is 3.51.